The van der Waals surface area contributed by atoms with E-state index in [0.717, 1.165) is 21.5 Å². The molecule has 0 saturated heterocycles. The number of hydrogen-bond donors (Lipinski definition) is 1. The number of nitrogens with two attached hydrogens (primary N) is 1. The first-order valence-corrected chi connectivity index (χ1v) is 6.64. The van der Waals surface area contributed by atoms with Crippen molar-refractivity contribution < 1.29 is 0 Å². The van der Waals surface area contributed by atoms with Crippen LogP contribution in [0.5, 0.6) is 0 Å². The number of halogens is 1. The van der Waals surface area contributed by atoms with Gasteiger partial charge in [0.2, 0.25) is 0 Å². The molecule has 2 aromatic rings. The van der Waals surface area contributed by atoms with Crippen molar-refractivity contribution >= 4 is 33.0 Å². The molecular formula is C15H17BrN2. The molecule has 0 aliphatic rings. The predicted octanol–water partition coefficient (Wildman–Crippen LogP) is 4.42. The highest BCUT2D eigenvalue weighted by atomic mass is 79.9. The van der Waals surface area contributed by atoms with Gasteiger partial charge >= 0.3 is 0 Å². The number of anilines is 3. The highest BCUT2D eigenvalue weighted by molar-refractivity contribution is 9.10. The summed E-state index contributed by atoms with van der Waals surface area (Å²) < 4.78 is 0.998. The van der Waals surface area contributed by atoms with Crippen LogP contribution >= 0.6 is 15.9 Å². The van der Waals surface area contributed by atoms with Crippen molar-refractivity contribution in [2.24, 2.45) is 0 Å². The molecule has 2 rings (SSSR count). The van der Waals surface area contributed by atoms with E-state index in [4.69, 9.17) is 5.73 Å². The average molecular weight is 305 g/mol. The summed E-state index contributed by atoms with van der Waals surface area (Å²) in [6, 6.07) is 12.4. The zero-order valence-electron chi connectivity index (χ0n) is 10.9. The van der Waals surface area contributed by atoms with Gasteiger partial charge in [-0.1, -0.05) is 22.0 Å². The van der Waals surface area contributed by atoms with E-state index in [9.17, 15) is 0 Å². The maximum atomic E-state index is 6.06. The normalized spacial score (nSPS) is 10.4. The van der Waals surface area contributed by atoms with Crippen molar-refractivity contribution in [3.05, 3.63) is 52.0 Å². The number of benzene rings is 2. The number of nitrogen functional groups attached to an aromatic ring is 1. The van der Waals surface area contributed by atoms with Gasteiger partial charge in [0.25, 0.3) is 0 Å². The molecule has 0 saturated carbocycles. The van der Waals surface area contributed by atoms with Gasteiger partial charge in [0.1, 0.15) is 0 Å². The van der Waals surface area contributed by atoms with Crippen molar-refractivity contribution in [1.29, 1.82) is 0 Å². The quantitative estimate of drug-likeness (QED) is 0.832. The lowest BCUT2D eigenvalue weighted by molar-refractivity contribution is 1.19. The minimum absolute atomic E-state index is 0.769. The first-order valence-electron chi connectivity index (χ1n) is 5.84. The first-order chi connectivity index (χ1) is 8.47. The van der Waals surface area contributed by atoms with Gasteiger partial charge in [0.15, 0.2) is 0 Å². The van der Waals surface area contributed by atoms with Gasteiger partial charge in [-0.3, -0.25) is 0 Å². The summed E-state index contributed by atoms with van der Waals surface area (Å²) in [5.74, 6) is 0. The number of aryl methyl sites for hydroxylation is 2. The van der Waals surface area contributed by atoms with Crippen LogP contribution in [0, 0.1) is 13.8 Å². The molecule has 0 amide bonds. The lowest BCUT2D eigenvalue weighted by Crippen LogP contribution is -2.11. The monoisotopic (exact) mass is 304 g/mol. The van der Waals surface area contributed by atoms with Gasteiger partial charge in [0, 0.05) is 17.2 Å². The van der Waals surface area contributed by atoms with Gasteiger partial charge in [-0.25, -0.2) is 0 Å². The van der Waals surface area contributed by atoms with Crippen LogP contribution in [0.4, 0.5) is 17.1 Å². The number of nitrogens with zero attached hydrogens (tertiary/aromatic N) is 1. The molecule has 0 aliphatic heterocycles. The van der Waals surface area contributed by atoms with Crippen LogP contribution in [-0.2, 0) is 0 Å². The highest BCUT2D eigenvalue weighted by Gasteiger charge is 2.08. The molecule has 18 heavy (non-hydrogen) atoms. The average Bonchev–Trinajstić information content (AvgIpc) is 2.26. The van der Waals surface area contributed by atoms with E-state index >= 15 is 0 Å². The SMILES string of the molecule is Cc1cc(C)cc(N(C)c2ccc(Br)cc2N)c1. The molecule has 2 N–H and O–H groups in total. The maximum absolute atomic E-state index is 6.06. The molecule has 2 nitrogen and oxygen atoms in total. The first kappa shape index (κ1) is 13.0. The van der Waals surface area contributed by atoms with Crippen LogP contribution in [-0.4, -0.2) is 7.05 Å². The van der Waals surface area contributed by atoms with E-state index in [1.165, 1.54) is 11.1 Å². The van der Waals surface area contributed by atoms with Crippen molar-refractivity contribution in [2.45, 2.75) is 13.8 Å². The third kappa shape index (κ3) is 2.67. The molecule has 94 valence electrons. The molecular weight excluding hydrogens is 288 g/mol. The Morgan fingerprint density at radius 1 is 1.00 bits per heavy atom. The zero-order valence-corrected chi connectivity index (χ0v) is 12.5. The Morgan fingerprint density at radius 2 is 1.61 bits per heavy atom. The highest BCUT2D eigenvalue weighted by Crippen LogP contribution is 2.31. The van der Waals surface area contributed by atoms with Gasteiger partial charge in [-0.2, -0.15) is 0 Å². The summed E-state index contributed by atoms with van der Waals surface area (Å²) in [5.41, 5.74) is 11.5. The second-order valence-corrected chi connectivity index (χ2v) is 5.52. The molecule has 0 fully saturated rings. The third-order valence-corrected chi connectivity index (χ3v) is 3.44. The Balaban J connectivity index is 2.44. The molecule has 0 unspecified atom stereocenters. The third-order valence-electron chi connectivity index (χ3n) is 2.94. The van der Waals surface area contributed by atoms with Crippen molar-refractivity contribution in [3.63, 3.8) is 0 Å². The largest absolute Gasteiger partial charge is 0.397 e. The van der Waals surface area contributed by atoms with Gasteiger partial charge < -0.3 is 10.6 Å². The van der Waals surface area contributed by atoms with Gasteiger partial charge in [-0.05, 0) is 55.3 Å². The minimum atomic E-state index is 0.769. The molecule has 0 atom stereocenters. The topological polar surface area (TPSA) is 29.3 Å². The molecule has 0 radical (unpaired) electrons. The van der Waals surface area contributed by atoms with E-state index in [1.807, 2.05) is 25.2 Å². The molecule has 2 aromatic carbocycles. The Hall–Kier alpha value is -1.48. The van der Waals surface area contributed by atoms with Crippen LogP contribution in [0.2, 0.25) is 0 Å². The maximum Gasteiger partial charge on any atom is 0.0642 e. The Bertz CT molecular complexity index is 558. The van der Waals surface area contributed by atoms with Crippen molar-refractivity contribution in [1.82, 2.24) is 0 Å². The van der Waals surface area contributed by atoms with Crippen LogP contribution in [0.3, 0.4) is 0 Å². The van der Waals surface area contributed by atoms with Gasteiger partial charge in [0.05, 0.1) is 11.4 Å². The summed E-state index contributed by atoms with van der Waals surface area (Å²) in [5, 5.41) is 0. The summed E-state index contributed by atoms with van der Waals surface area (Å²) in [4.78, 5) is 2.11. The van der Waals surface area contributed by atoms with Crippen LogP contribution < -0.4 is 10.6 Å². The lowest BCUT2D eigenvalue weighted by Gasteiger charge is -2.22. The lowest BCUT2D eigenvalue weighted by atomic mass is 10.1. The zero-order chi connectivity index (χ0) is 13.3. The number of rotatable bonds is 2. The van der Waals surface area contributed by atoms with Crippen LogP contribution in [0.15, 0.2) is 40.9 Å². The predicted molar refractivity (Wildman–Crippen MR) is 82.5 cm³/mol. The summed E-state index contributed by atoms with van der Waals surface area (Å²) in [7, 11) is 2.04. The molecule has 3 heteroatoms. The molecule has 0 bridgehead atoms. The summed E-state index contributed by atoms with van der Waals surface area (Å²) >= 11 is 3.43. The molecule has 0 spiro atoms. The number of hydrogen-bond acceptors (Lipinski definition) is 2. The smallest absolute Gasteiger partial charge is 0.0642 e. The minimum Gasteiger partial charge on any atom is -0.397 e. The van der Waals surface area contributed by atoms with E-state index in [-0.39, 0.29) is 0 Å². The van der Waals surface area contributed by atoms with E-state index in [2.05, 4.69) is 52.9 Å². The second kappa shape index (κ2) is 5.02. The Morgan fingerprint density at radius 3 is 2.17 bits per heavy atom. The summed E-state index contributed by atoms with van der Waals surface area (Å²) in [6.45, 7) is 4.21. The van der Waals surface area contributed by atoms with Crippen molar-refractivity contribution in [3.8, 4) is 0 Å². The standard InChI is InChI=1S/C15H17BrN2/c1-10-6-11(2)8-13(7-10)18(3)15-5-4-12(16)9-14(15)17/h4-9H,17H2,1-3H3. The summed E-state index contributed by atoms with van der Waals surface area (Å²) in [6.07, 6.45) is 0. The fourth-order valence-corrected chi connectivity index (χ4v) is 2.49. The molecule has 0 aromatic heterocycles. The fourth-order valence-electron chi connectivity index (χ4n) is 2.11. The van der Waals surface area contributed by atoms with E-state index < -0.39 is 0 Å². The van der Waals surface area contributed by atoms with E-state index in [0.29, 0.717) is 0 Å². The van der Waals surface area contributed by atoms with Gasteiger partial charge in [-0.15, -0.1) is 0 Å². The van der Waals surface area contributed by atoms with Crippen molar-refractivity contribution in [2.75, 3.05) is 17.7 Å². The fraction of sp³-hybridized carbons (Fsp3) is 0.200. The molecule has 0 heterocycles. The second-order valence-electron chi connectivity index (χ2n) is 4.61. The van der Waals surface area contributed by atoms with Crippen LogP contribution in [0.25, 0.3) is 0 Å². The van der Waals surface area contributed by atoms with E-state index in [1.54, 1.807) is 0 Å². The van der Waals surface area contributed by atoms with Crippen LogP contribution in [0.1, 0.15) is 11.1 Å². The molecule has 0 aliphatic carbocycles. The Kier molecular flexibility index (Phi) is 3.62. The Labute approximate surface area is 117 Å².